The topological polar surface area (TPSA) is 99.3 Å². The third-order valence-electron chi connectivity index (χ3n) is 6.14. The predicted molar refractivity (Wildman–Crippen MR) is 123 cm³/mol. The van der Waals surface area contributed by atoms with E-state index in [9.17, 15) is 4.79 Å². The van der Waals surface area contributed by atoms with Crippen LogP contribution in [-0.2, 0) is 0 Å². The van der Waals surface area contributed by atoms with Gasteiger partial charge in [-0.2, -0.15) is 0 Å². The molecule has 32 heavy (non-hydrogen) atoms. The Balaban J connectivity index is 1.28. The zero-order valence-electron chi connectivity index (χ0n) is 17.6. The zero-order chi connectivity index (χ0) is 21.7. The van der Waals surface area contributed by atoms with Crippen LogP contribution in [0.3, 0.4) is 0 Å². The van der Waals surface area contributed by atoms with Crippen LogP contribution in [-0.4, -0.2) is 31.1 Å². The lowest BCUT2D eigenvalue weighted by atomic mass is 10.0. The van der Waals surface area contributed by atoms with Gasteiger partial charge >= 0.3 is 0 Å². The molecule has 7 nitrogen and oxygen atoms in total. The second kappa shape index (κ2) is 7.30. The SMILES string of the molecule is C[C@@H](NC(=O)c1nc2cc3[nH][nH]c(-c4ccncc4)c3cc2n1)c1cccc(C2CC2)c1. The van der Waals surface area contributed by atoms with Crippen molar-refractivity contribution in [3.8, 4) is 11.3 Å². The van der Waals surface area contributed by atoms with E-state index in [0.717, 1.165) is 27.7 Å². The smallest absolute Gasteiger partial charge is 0.289 e. The number of amides is 1. The van der Waals surface area contributed by atoms with Crippen LogP contribution >= 0.6 is 0 Å². The van der Waals surface area contributed by atoms with Crippen molar-refractivity contribution < 1.29 is 4.79 Å². The van der Waals surface area contributed by atoms with Gasteiger partial charge in [0.15, 0.2) is 0 Å². The molecule has 0 radical (unpaired) electrons. The molecule has 7 heteroatoms. The molecular weight excluding hydrogens is 400 g/mol. The molecule has 0 bridgehead atoms. The number of rotatable bonds is 5. The number of pyridine rings is 1. The summed E-state index contributed by atoms with van der Waals surface area (Å²) in [5, 5.41) is 10.4. The molecule has 6 rings (SSSR count). The van der Waals surface area contributed by atoms with Crippen molar-refractivity contribution in [2.75, 3.05) is 0 Å². The third-order valence-corrected chi connectivity index (χ3v) is 6.14. The van der Waals surface area contributed by atoms with E-state index in [1.807, 2.05) is 31.2 Å². The molecular formula is C25H22N6O. The highest BCUT2D eigenvalue weighted by Crippen LogP contribution is 2.40. The van der Waals surface area contributed by atoms with Gasteiger partial charge in [-0.3, -0.25) is 14.9 Å². The maximum absolute atomic E-state index is 12.9. The number of aromatic amines is 2. The molecule has 5 aromatic rings. The number of carbonyl (C=O) groups excluding carboxylic acids is 1. The average Bonchev–Trinajstić information content (AvgIpc) is 3.47. The first kappa shape index (κ1) is 18.7. The maximum atomic E-state index is 12.9. The summed E-state index contributed by atoms with van der Waals surface area (Å²) in [6.45, 7) is 1.99. The molecule has 0 saturated heterocycles. The van der Waals surface area contributed by atoms with E-state index in [-0.39, 0.29) is 17.8 Å². The average molecular weight is 422 g/mol. The van der Waals surface area contributed by atoms with E-state index in [1.54, 1.807) is 12.4 Å². The van der Waals surface area contributed by atoms with Gasteiger partial charge in [-0.25, -0.2) is 9.97 Å². The van der Waals surface area contributed by atoms with Crippen LogP contribution in [0, 0.1) is 0 Å². The second-order valence-electron chi connectivity index (χ2n) is 8.43. The Hall–Kier alpha value is -4.00. The van der Waals surface area contributed by atoms with Gasteiger partial charge in [0.2, 0.25) is 5.82 Å². The monoisotopic (exact) mass is 422 g/mol. The highest BCUT2D eigenvalue weighted by atomic mass is 16.2. The molecule has 3 heterocycles. The first-order valence-electron chi connectivity index (χ1n) is 10.8. The van der Waals surface area contributed by atoms with Crippen molar-refractivity contribution >= 4 is 27.8 Å². The van der Waals surface area contributed by atoms with Gasteiger partial charge in [0, 0.05) is 23.3 Å². The Morgan fingerprint density at radius 1 is 1.03 bits per heavy atom. The molecule has 3 aromatic heterocycles. The quantitative estimate of drug-likeness (QED) is 0.376. The Kier molecular flexibility index (Phi) is 4.28. The fraction of sp³-hybridized carbons (Fsp3) is 0.200. The number of carbonyl (C=O) groups is 1. The van der Waals surface area contributed by atoms with Crippen molar-refractivity contribution in [1.82, 2.24) is 30.5 Å². The first-order valence-corrected chi connectivity index (χ1v) is 10.8. The van der Waals surface area contributed by atoms with Crippen molar-refractivity contribution in [3.63, 3.8) is 0 Å². The summed E-state index contributed by atoms with van der Waals surface area (Å²) in [5.74, 6) is 0.600. The minimum absolute atomic E-state index is 0.120. The highest BCUT2D eigenvalue weighted by molar-refractivity contribution is 6.02. The van der Waals surface area contributed by atoms with Crippen molar-refractivity contribution in [2.24, 2.45) is 0 Å². The highest BCUT2D eigenvalue weighted by Gasteiger charge is 2.24. The van der Waals surface area contributed by atoms with E-state index in [0.29, 0.717) is 17.0 Å². The molecule has 1 amide bonds. The summed E-state index contributed by atoms with van der Waals surface area (Å²) in [5.41, 5.74) is 6.70. The summed E-state index contributed by atoms with van der Waals surface area (Å²) >= 11 is 0. The Bertz CT molecular complexity index is 1450. The van der Waals surface area contributed by atoms with E-state index < -0.39 is 0 Å². The number of H-pyrrole nitrogens is 2. The van der Waals surface area contributed by atoms with Crippen LogP contribution < -0.4 is 5.32 Å². The lowest BCUT2D eigenvalue weighted by molar-refractivity contribution is 0.0930. The lowest BCUT2D eigenvalue weighted by Crippen LogP contribution is -2.27. The third kappa shape index (κ3) is 3.32. The van der Waals surface area contributed by atoms with Crippen molar-refractivity contribution in [3.05, 3.63) is 77.9 Å². The summed E-state index contributed by atoms with van der Waals surface area (Å²) < 4.78 is 0. The molecule has 1 fully saturated rings. The fourth-order valence-electron chi connectivity index (χ4n) is 4.21. The van der Waals surface area contributed by atoms with E-state index in [2.05, 4.69) is 54.7 Å². The number of benzene rings is 2. The number of aromatic nitrogens is 5. The van der Waals surface area contributed by atoms with Gasteiger partial charge < -0.3 is 10.4 Å². The molecule has 1 saturated carbocycles. The van der Waals surface area contributed by atoms with Gasteiger partial charge in [-0.05, 0) is 61.1 Å². The lowest BCUT2D eigenvalue weighted by Gasteiger charge is -2.14. The second-order valence-corrected chi connectivity index (χ2v) is 8.43. The van der Waals surface area contributed by atoms with Crippen LogP contribution in [0.1, 0.15) is 53.5 Å². The molecule has 158 valence electrons. The minimum atomic E-state index is -0.268. The van der Waals surface area contributed by atoms with Crippen LogP contribution in [0.4, 0.5) is 0 Å². The van der Waals surface area contributed by atoms with Crippen molar-refractivity contribution in [2.45, 2.75) is 31.7 Å². The molecule has 1 aliphatic rings. The molecule has 0 spiro atoms. The predicted octanol–water partition coefficient (Wildman–Crippen LogP) is 4.87. The first-order chi connectivity index (χ1) is 15.7. The number of nitrogens with zero attached hydrogens (tertiary/aromatic N) is 3. The summed E-state index contributed by atoms with van der Waals surface area (Å²) in [6, 6.07) is 16.1. The molecule has 2 aromatic carbocycles. The van der Waals surface area contributed by atoms with E-state index >= 15 is 0 Å². The van der Waals surface area contributed by atoms with Crippen molar-refractivity contribution in [1.29, 1.82) is 0 Å². The van der Waals surface area contributed by atoms with Gasteiger partial charge in [0.1, 0.15) is 0 Å². The largest absolute Gasteiger partial charge is 0.343 e. The normalized spacial score (nSPS) is 14.7. The Morgan fingerprint density at radius 2 is 1.81 bits per heavy atom. The number of hydrogen-bond acceptors (Lipinski definition) is 4. The summed E-state index contributed by atoms with van der Waals surface area (Å²) in [7, 11) is 0. The summed E-state index contributed by atoms with van der Waals surface area (Å²) in [6.07, 6.45) is 6.03. The van der Waals surface area contributed by atoms with Crippen LogP contribution in [0.2, 0.25) is 0 Å². The molecule has 1 atom stereocenters. The van der Waals surface area contributed by atoms with Crippen LogP contribution in [0.25, 0.3) is 33.2 Å². The fourth-order valence-corrected chi connectivity index (χ4v) is 4.21. The van der Waals surface area contributed by atoms with E-state index in [1.165, 1.54) is 18.4 Å². The molecule has 0 unspecified atom stereocenters. The van der Waals surface area contributed by atoms with Gasteiger partial charge in [-0.15, -0.1) is 0 Å². The molecule has 1 aliphatic carbocycles. The van der Waals surface area contributed by atoms with Crippen LogP contribution in [0.5, 0.6) is 0 Å². The Morgan fingerprint density at radius 3 is 2.59 bits per heavy atom. The molecule has 3 N–H and O–H groups in total. The van der Waals surface area contributed by atoms with Gasteiger partial charge in [-0.1, -0.05) is 24.3 Å². The van der Waals surface area contributed by atoms with Gasteiger partial charge in [0.05, 0.1) is 28.3 Å². The van der Waals surface area contributed by atoms with Crippen LogP contribution in [0.15, 0.2) is 60.9 Å². The van der Waals surface area contributed by atoms with E-state index in [4.69, 9.17) is 0 Å². The van der Waals surface area contributed by atoms with Gasteiger partial charge in [0.25, 0.3) is 5.91 Å². The standard InChI is InChI=1S/C25H22N6O/c1-14(17-3-2-4-18(11-17)15-5-6-15)27-25(32)24-28-21-12-19-20(13-22(21)29-24)30-31-23(19)16-7-9-26-10-8-16/h2-4,7-15,30-31H,5-6H2,1H3,(H,27,32)/t14-/m1/s1. The zero-order valence-corrected chi connectivity index (χ0v) is 17.6. The maximum Gasteiger partial charge on any atom is 0.289 e. The Labute approximate surface area is 184 Å². The number of hydrogen-bond donors (Lipinski definition) is 3. The summed E-state index contributed by atoms with van der Waals surface area (Å²) in [4.78, 5) is 26.0. The number of nitrogens with one attached hydrogen (secondary N) is 3. The minimum Gasteiger partial charge on any atom is -0.343 e. The number of imidazole rings is 1. The number of fused-ring (bicyclic) bond motifs is 2. The molecule has 0 aliphatic heterocycles.